The summed E-state index contributed by atoms with van der Waals surface area (Å²) in [4.78, 5) is 0. The first kappa shape index (κ1) is 11.1. The Labute approximate surface area is 88.9 Å². The summed E-state index contributed by atoms with van der Waals surface area (Å²) in [6, 6.07) is 2.70. The van der Waals surface area contributed by atoms with Crippen molar-refractivity contribution in [1.82, 2.24) is 5.32 Å². The molecule has 3 heteroatoms. The van der Waals surface area contributed by atoms with Crippen molar-refractivity contribution in [2.45, 2.75) is 19.4 Å². The van der Waals surface area contributed by atoms with Gasteiger partial charge in [0.05, 0.1) is 0 Å². The van der Waals surface area contributed by atoms with Crippen LogP contribution in [0.15, 0.2) is 16.8 Å². The number of thiophene rings is 1. The van der Waals surface area contributed by atoms with Gasteiger partial charge in [0.25, 0.3) is 0 Å². The Kier molecular flexibility index (Phi) is 5.51. The normalized spacial score (nSPS) is 13.1. The zero-order chi connectivity index (χ0) is 9.52. The Morgan fingerprint density at radius 1 is 1.62 bits per heavy atom. The van der Waals surface area contributed by atoms with Crippen LogP contribution >= 0.6 is 23.1 Å². The first-order valence-electron chi connectivity index (χ1n) is 4.59. The van der Waals surface area contributed by atoms with E-state index in [1.807, 2.05) is 11.8 Å². The van der Waals surface area contributed by atoms with Gasteiger partial charge >= 0.3 is 0 Å². The van der Waals surface area contributed by atoms with E-state index in [1.54, 1.807) is 11.3 Å². The van der Waals surface area contributed by atoms with Crippen LogP contribution < -0.4 is 5.32 Å². The summed E-state index contributed by atoms with van der Waals surface area (Å²) in [6.45, 7) is 3.35. The second-order valence-corrected chi connectivity index (χ2v) is 4.84. The lowest BCUT2D eigenvalue weighted by molar-refractivity contribution is 0.574. The molecule has 1 nitrogen and oxygen atoms in total. The van der Waals surface area contributed by atoms with Gasteiger partial charge < -0.3 is 5.32 Å². The van der Waals surface area contributed by atoms with Gasteiger partial charge in [0, 0.05) is 6.04 Å². The molecule has 1 unspecified atom stereocenters. The maximum atomic E-state index is 3.51. The number of hydrogen-bond acceptors (Lipinski definition) is 3. The van der Waals surface area contributed by atoms with Crippen molar-refractivity contribution < 1.29 is 0 Å². The average Bonchev–Trinajstić information content (AvgIpc) is 2.65. The van der Waals surface area contributed by atoms with Crippen molar-refractivity contribution in [2.75, 3.05) is 18.6 Å². The van der Waals surface area contributed by atoms with E-state index in [0.717, 1.165) is 6.54 Å². The van der Waals surface area contributed by atoms with Crippen molar-refractivity contribution in [3.63, 3.8) is 0 Å². The Morgan fingerprint density at radius 3 is 3.08 bits per heavy atom. The van der Waals surface area contributed by atoms with E-state index >= 15 is 0 Å². The molecule has 0 spiro atoms. The molecule has 1 aromatic heterocycles. The maximum Gasteiger partial charge on any atom is 0.0300 e. The molecular weight excluding hydrogens is 198 g/mol. The van der Waals surface area contributed by atoms with Gasteiger partial charge in [-0.15, -0.1) is 0 Å². The van der Waals surface area contributed by atoms with Crippen LogP contribution in [0.3, 0.4) is 0 Å². The van der Waals surface area contributed by atoms with Crippen LogP contribution in [0.2, 0.25) is 0 Å². The molecule has 0 aliphatic heterocycles. The zero-order valence-electron chi connectivity index (χ0n) is 8.25. The molecule has 0 aliphatic rings. The molecule has 0 aliphatic carbocycles. The third-order valence-electron chi connectivity index (χ3n) is 2.02. The van der Waals surface area contributed by atoms with Gasteiger partial charge in [0.15, 0.2) is 0 Å². The molecule has 0 amide bonds. The topological polar surface area (TPSA) is 12.0 Å². The van der Waals surface area contributed by atoms with E-state index in [4.69, 9.17) is 0 Å². The fraction of sp³-hybridized carbons (Fsp3) is 0.600. The lowest BCUT2D eigenvalue weighted by atomic mass is 10.2. The van der Waals surface area contributed by atoms with Gasteiger partial charge in [0.2, 0.25) is 0 Å². The average molecular weight is 215 g/mol. The monoisotopic (exact) mass is 215 g/mol. The van der Waals surface area contributed by atoms with E-state index in [-0.39, 0.29) is 0 Å². The molecule has 0 bridgehead atoms. The number of nitrogens with one attached hydrogen (secondary N) is 1. The predicted octanol–water partition coefficient (Wildman–Crippen LogP) is 3.15. The van der Waals surface area contributed by atoms with E-state index in [1.165, 1.54) is 17.7 Å². The standard InChI is InChI=1S/C10H17NS2/c1-9(10-4-7-13-8-10)11-5-3-6-12-2/h4,7-9,11H,3,5-6H2,1-2H3. The number of hydrogen-bond donors (Lipinski definition) is 1. The van der Waals surface area contributed by atoms with Crippen LogP contribution in [0.1, 0.15) is 24.9 Å². The Bertz CT molecular complexity index is 209. The Morgan fingerprint density at radius 2 is 2.46 bits per heavy atom. The highest BCUT2D eigenvalue weighted by molar-refractivity contribution is 7.98. The van der Waals surface area contributed by atoms with E-state index in [0.29, 0.717) is 6.04 Å². The molecule has 1 rings (SSSR count). The summed E-state index contributed by atoms with van der Waals surface area (Å²) in [5, 5.41) is 7.86. The molecular formula is C10H17NS2. The van der Waals surface area contributed by atoms with Crippen LogP contribution in [0, 0.1) is 0 Å². The molecule has 0 radical (unpaired) electrons. The molecule has 0 saturated heterocycles. The van der Waals surface area contributed by atoms with E-state index in [2.05, 4.69) is 35.3 Å². The summed E-state index contributed by atoms with van der Waals surface area (Å²) in [7, 11) is 0. The first-order chi connectivity index (χ1) is 6.34. The van der Waals surface area contributed by atoms with E-state index in [9.17, 15) is 0 Å². The highest BCUT2D eigenvalue weighted by atomic mass is 32.2. The lowest BCUT2D eigenvalue weighted by Gasteiger charge is -2.11. The van der Waals surface area contributed by atoms with Crippen molar-refractivity contribution in [1.29, 1.82) is 0 Å². The predicted molar refractivity (Wildman–Crippen MR) is 63.7 cm³/mol. The van der Waals surface area contributed by atoms with Crippen molar-refractivity contribution in [3.8, 4) is 0 Å². The fourth-order valence-corrected chi connectivity index (χ4v) is 2.36. The molecule has 1 N–H and O–H groups in total. The molecule has 74 valence electrons. The molecule has 1 atom stereocenters. The van der Waals surface area contributed by atoms with Gasteiger partial charge in [-0.3, -0.25) is 0 Å². The summed E-state index contributed by atoms with van der Waals surface area (Å²) in [5.74, 6) is 1.25. The van der Waals surface area contributed by atoms with Crippen molar-refractivity contribution in [3.05, 3.63) is 22.4 Å². The highest BCUT2D eigenvalue weighted by Gasteiger charge is 2.03. The minimum atomic E-state index is 0.508. The third-order valence-corrected chi connectivity index (χ3v) is 3.42. The lowest BCUT2D eigenvalue weighted by Crippen LogP contribution is -2.19. The first-order valence-corrected chi connectivity index (χ1v) is 6.92. The molecule has 13 heavy (non-hydrogen) atoms. The van der Waals surface area contributed by atoms with Crippen LogP contribution in [-0.2, 0) is 0 Å². The van der Waals surface area contributed by atoms with Gasteiger partial charge in [-0.05, 0) is 54.3 Å². The minimum absolute atomic E-state index is 0.508. The van der Waals surface area contributed by atoms with E-state index < -0.39 is 0 Å². The summed E-state index contributed by atoms with van der Waals surface area (Å²) >= 11 is 3.68. The second kappa shape index (κ2) is 6.46. The Balaban J connectivity index is 2.15. The molecule has 0 saturated carbocycles. The van der Waals surface area contributed by atoms with Gasteiger partial charge in [-0.25, -0.2) is 0 Å². The van der Waals surface area contributed by atoms with Crippen LogP contribution in [0.4, 0.5) is 0 Å². The maximum absolute atomic E-state index is 3.51. The van der Waals surface area contributed by atoms with Crippen LogP contribution in [0.5, 0.6) is 0 Å². The SMILES string of the molecule is CSCCCNC(C)c1ccsc1. The van der Waals surface area contributed by atoms with Crippen molar-refractivity contribution >= 4 is 23.1 Å². The number of rotatable bonds is 6. The van der Waals surface area contributed by atoms with Crippen LogP contribution in [0.25, 0.3) is 0 Å². The summed E-state index contributed by atoms with van der Waals surface area (Å²) in [6.07, 6.45) is 3.41. The second-order valence-electron chi connectivity index (χ2n) is 3.08. The smallest absolute Gasteiger partial charge is 0.0300 e. The highest BCUT2D eigenvalue weighted by Crippen LogP contribution is 2.15. The molecule has 0 fully saturated rings. The van der Waals surface area contributed by atoms with Gasteiger partial charge in [0.1, 0.15) is 0 Å². The Hall–Kier alpha value is 0.01000. The molecule has 1 heterocycles. The number of thioether (sulfide) groups is 1. The largest absolute Gasteiger partial charge is 0.310 e. The minimum Gasteiger partial charge on any atom is -0.310 e. The molecule has 1 aromatic rings. The summed E-state index contributed by atoms with van der Waals surface area (Å²) < 4.78 is 0. The van der Waals surface area contributed by atoms with Crippen molar-refractivity contribution in [2.24, 2.45) is 0 Å². The summed E-state index contributed by atoms with van der Waals surface area (Å²) in [5.41, 5.74) is 1.41. The third kappa shape index (κ3) is 4.16. The quantitative estimate of drug-likeness (QED) is 0.732. The fourth-order valence-electron chi connectivity index (χ4n) is 1.17. The van der Waals surface area contributed by atoms with Gasteiger partial charge in [-0.2, -0.15) is 23.1 Å². The van der Waals surface area contributed by atoms with Crippen LogP contribution in [-0.4, -0.2) is 18.6 Å². The molecule has 0 aromatic carbocycles. The zero-order valence-corrected chi connectivity index (χ0v) is 9.88. The van der Waals surface area contributed by atoms with Gasteiger partial charge in [-0.1, -0.05) is 0 Å².